The predicted octanol–water partition coefficient (Wildman–Crippen LogP) is 1.77. The lowest BCUT2D eigenvalue weighted by Crippen LogP contribution is -2.49. The van der Waals surface area contributed by atoms with E-state index < -0.39 is 17.4 Å². The largest absolute Gasteiger partial charge is 0.364 e. The Morgan fingerprint density at radius 3 is 2.65 bits per heavy atom. The van der Waals surface area contributed by atoms with Gasteiger partial charge in [-0.15, -0.1) is 0 Å². The third-order valence-corrected chi connectivity index (χ3v) is 3.93. The van der Waals surface area contributed by atoms with Crippen LogP contribution in [0.5, 0.6) is 0 Å². The van der Waals surface area contributed by atoms with Crippen LogP contribution in [0.25, 0.3) is 0 Å². The highest BCUT2D eigenvalue weighted by atomic mass is 19.2. The maximum Gasteiger partial charge on any atom is 0.186 e. The second-order valence-electron chi connectivity index (χ2n) is 5.21. The molecule has 0 aromatic heterocycles. The van der Waals surface area contributed by atoms with E-state index in [9.17, 15) is 8.78 Å². The van der Waals surface area contributed by atoms with E-state index in [1.165, 1.54) is 6.07 Å². The Kier molecular flexibility index (Phi) is 3.62. The van der Waals surface area contributed by atoms with Gasteiger partial charge in [0.1, 0.15) is 0 Å². The fourth-order valence-corrected chi connectivity index (χ4v) is 2.91. The Balaban J connectivity index is 1.87. The SMILES string of the molecule is NCc1ccc(N2CCCC3(C2)OCCO3)c(F)c1F. The maximum atomic E-state index is 14.2. The minimum absolute atomic E-state index is 0.0147. The molecule has 2 saturated heterocycles. The molecule has 3 rings (SSSR count). The van der Waals surface area contributed by atoms with Crippen LogP contribution in [-0.2, 0) is 16.0 Å². The molecule has 0 radical (unpaired) electrons. The average molecular weight is 284 g/mol. The number of anilines is 1. The van der Waals surface area contributed by atoms with Crippen molar-refractivity contribution in [3.8, 4) is 0 Å². The molecule has 4 nitrogen and oxygen atoms in total. The van der Waals surface area contributed by atoms with Crippen LogP contribution < -0.4 is 10.6 Å². The Morgan fingerprint density at radius 1 is 1.20 bits per heavy atom. The minimum Gasteiger partial charge on any atom is -0.364 e. The van der Waals surface area contributed by atoms with Crippen molar-refractivity contribution in [3.63, 3.8) is 0 Å². The van der Waals surface area contributed by atoms with Crippen LogP contribution in [0, 0.1) is 11.6 Å². The molecular weight excluding hydrogens is 266 g/mol. The number of hydrogen-bond donors (Lipinski definition) is 1. The summed E-state index contributed by atoms with van der Waals surface area (Å²) in [4.78, 5) is 1.79. The standard InChI is InChI=1S/C14H18F2N2O2/c15-12-10(8-17)2-3-11(13(12)16)18-5-1-4-14(9-18)19-6-7-20-14/h2-3H,1,4-9,17H2. The Bertz CT molecular complexity index is 504. The van der Waals surface area contributed by atoms with Gasteiger partial charge in [-0.05, 0) is 12.5 Å². The Hall–Kier alpha value is -1.24. The van der Waals surface area contributed by atoms with Crippen molar-refractivity contribution in [2.45, 2.75) is 25.2 Å². The molecule has 6 heteroatoms. The monoisotopic (exact) mass is 284 g/mol. The summed E-state index contributed by atoms with van der Waals surface area (Å²) < 4.78 is 39.3. The van der Waals surface area contributed by atoms with E-state index in [-0.39, 0.29) is 17.8 Å². The zero-order valence-electron chi connectivity index (χ0n) is 11.2. The summed E-state index contributed by atoms with van der Waals surface area (Å²) in [7, 11) is 0. The number of nitrogens with two attached hydrogens (primary N) is 1. The summed E-state index contributed by atoms with van der Waals surface area (Å²) in [5.41, 5.74) is 5.82. The first-order valence-corrected chi connectivity index (χ1v) is 6.85. The smallest absolute Gasteiger partial charge is 0.186 e. The molecule has 2 fully saturated rings. The van der Waals surface area contributed by atoms with Crippen molar-refractivity contribution in [2.24, 2.45) is 5.73 Å². The third kappa shape index (κ3) is 2.28. The van der Waals surface area contributed by atoms with E-state index in [0.717, 1.165) is 12.8 Å². The van der Waals surface area contributed by atoms with Gasteiger partial charge in [0.2, 0.25) is 0 Å². The molecule has 0 amide bonds. The van der Waals surface area contributed by atoms with E-state index in [2.05, 4.69) is 0 Å². The molecule has 110 valence electrons. The number of benzene rings is 1. The van der Waals surface area contributed by atoms with Crippen LogP contribution in [-0.4, -0.2) is 32.1 Å². The molecular formula is C14H18F2N2O2. The number of ether oxygens (including phenoxy) is 2. The number of nitrogens with zero attached hydrogens (tertiary/aromatic N) is 1. The zero-order valence-corrected chi connectivity index (χ0v) is 11.2. The summed E-state index contributed by atoms with van der Waals surface area (Å²) in [6.07, 6.45) is 1.61. The topological polar surface area (TPSA) is 47.7 Å². The summed E-state index contributed by atoms with van der Waals surface area (Å²) in [6.45, 7) is 2.17. The summed E-state index contributed by atoms with van der Waals surface area (Å²) in [5.74, 6) is -2.37. The first-order chi connectivity index (χ1) is 9.65. The molecule has 0 unspecified atom stereocenters. The fourth-order valence-electron chi connectivity index (χ4n) is 2.91. The van der Waals surface area contributed by atoms with Crippen molar-refractivity contribution in [3.05, 3.63) is 29.3 Å². The van der Waals surface area contributed by atoms with Gasteiger partial charge in [-0.2, -0.15) is 0 Å². The van der Waals surface area contributed by atoms with Gasteiger partial charge in [0.05, 0.1) is 25.4 Å². The van der Waals surface area contributed by atoms with Gasteiger partial charge in [0.25, 0.3) is 0 Å². The van der Waals surface area contributed by atoms with E-state index in [4.69, 9.17) is 15.2 Å². The van der Waals surface area contributed by atoms with Gasteiger partial charge in [0, 0.05) is 25.1 Å². The molecule has 1 spiro atoms. The lowest BCUT2D eigenvalue weighted by molar-refractivity contribution is -0.161. The second-order valence-corrected chi connectivity index (χ2v) is 5.21. The molecule has 2 N–H and O–H groups in total. The summed E-state index contributed by atoms with van der Waals surface area (Å²) >= 11 is 0. The number of piperidine rings is 1. The first-order valence-electron chi connectivity index (χ1n) is 6.85. The lowest BCUT2D eigenvalue weighted by Gasteiger charge is -2.39. The van der Waals surface area contributed by atoms with Crippen LogP contribution in [0.2, 0.25) is 0 Å². The first kappa shape index (κ1) is 13.7. The molecule has 20 heavy (non-hydrogen) atoms. The highest BCUT2D eigenvalue weighted by Crippen LogP contribution is 2.34. The van der Waals surface area contributed by atoms with E-state index in [1.807, 2.05) is 0 Å². The molecule has 0 saturated carbocycles. The number of halogens is 2. The summed E-state index contributed by atoms with van der Waals surface area (Å²) in [6, 6.07) is 3.11. The van der Waals surface area contributed by atoms with Gasteiger partial charge in [-0.25, -0.2) is 8.78 Å². The van der Waals surface area contributed by atoms with Crippen molar-refractivity contribution in [2.75, 3.05) is 31.2 Å². The minimum atomic E-state index is -0.863. The number of hydrogen-bond acceptors (Lipinski definition) is 4. The summed E-state index contributed by atoms with van der Waals surface area (Å²) in [5, 5.41) is 0. The molecule has 0 atom stereocenters. The van der Waals surface area contributed by atoms with Crippen LogP contribution in [0.3, 0.4) is 0 Å². The predicted molar refractivity (Wildman–Crippen MR) is 70.3 cm³/mol. The highest BCUT2D eigenvalue weighted by Gasteiger charge is 2.41. The fraction of sp³-hybridized carbons (Fsp3) is 0.571. The van der Waals surface area contributed by atoms with Crippen molar-refractivity contribution in [1.82, 2.24) is 0 Å². The van der Waals surface area contributed by atoms with Crippen LogP contribution in [0.1, 0.15) is 18.4 Å². The molecule has 1 aromatic rings. The molecule has 0 aliphatic carbocycles. The third-order valence-electron chi connectivity index (χ3n) is 3.93. The second kappa shape index (κ2) is 5.27. The molecule has 0 bridgehead atoms. The van der Waals surface area contributed by atoms with Gasteiger partial charge >= 0.3 is 0 Å². The van der Waals surface area contributed by atoms with Gasteiger partial charge < -0.3 is 20.1 Å². The lowest BCUT2D eigenvalue weighted by atomic mass is 10.0. The van der Waals surface area contributed by atoms with Gasteiger partial charge in [-0.3, -0.25) is 0 Å². The van der Waals surface area contributed by atoms with Crippen LogP contribution >= 0.6 is 0 Å². The van der Waals surface area contributed by atoms with Crippen molar-refractivity contribution < 1.29 is 18.3 Å². The normalized spacial score (nSPS) is 21.6. The van der Waals surface area contributed by atoms with Crippen LogP contribution in [0.4, 0.5) is 14.5 Å². The van der Waals surface area contributed by atoms with E-state index in [1.54, 1.807) is 11.0 Å². The van der Waals surface area contributed by atoms with Gasteiger partial charge in [-0.1, -0.05) is 6.07 Å². The van der Waals surface area contributed by atoms with E-state index in [0.29, 0.717) is 26.3 Å². The maximum absolute atomic E-state index is 14.2. The molecule has 2 aliphatic rings. The van der Waals surface area contributed by atoms with E-state index >= 15 is 0 Å². The van der Waals surface area contributed by atoms with Crippen molar-refractivity contribution >= 4 is 5.69 Å². The number of rotatable bonds is 2. The Morgan fingerprint density at radius 2 is 1.95 bits per heavy atom. The molecule has 2 heterocycles. The molecule has 2 aliphatic heterocycles. The van der Waals surface area contributed by atoms with Crippen LogP contribution in [0.15, 0.2) is 12.1 Å². The van der Waals surface area contributed by atoms with Crippen molar-refractivity contribution in [1.29, 1.82) is 0 Å². The average Bonchev–Trinajstić information content (AvgIpc) is 2.89. The van der Waals surface area contributed by atoms with Gasteiger partial charge in [0.15, 0.2) is 17.4 Å². The molecule has 1 aromatic carbocycles. The quantitative estimate of drug-likeness (QED) is 0.899. The highest BCUT2D eigenvalue weighted by molar-refractivity contribution is 5.50. The Labute approximate surface area is 116 Å². The zero-order chi connectivity index (χ0) is 14.2.